The third-order valence-electron chi connectivity index (χ3n) is 3.99. The molecule has 2 aromatic rings. The summed E-state index contributed by atoms with van der Waals surface area (Å²) in [4.78, 5) is 8.59. The molecule has 24 heavy (non-hydrogen) atoms. The Morgan fingerprint density at radius 2 is 1.83 bits per heavy atom. The Labute approximate surface area is 146 Å². The lowest BCUT2D eigenvalue weighted by molar-refractivity contribution is 0.131. The zero-order chi connectivity index (χ0) is 17.2. The van der Waals surface area contributed by atoms with Crippen molar-refractivity contribution in [1.82, 2.24) is 14.7 Å². The standard InChI is InChI=1S/C16H21N3O3S2/c1-11-10-12(2)18-16(17-11)22-14-7-5-13(6-8-14)19-24(20,21)15-4-3-9-23-15/h3-4,9-10,13-14,19H,5-8H2,1-2H3. The summed E-state index contributed by atoms with van der Waals surface area (Å²) in [5.74, 6) is 0. The van der Waals surface area contributed by atoms with Gasteiger partial charge >= 0.3 is 6.01 Å². The molecule has 0 saturated heterocycles. The minimum absolute atomic E-state index is 0.0358. The van der Waals surface area contributed by atoms with Gasteiger partial charge < -0.3 is 4.74 Å². The highest BCUT2D eigenvalue weighted by molar-refractivity contribution is 7.91. The second-order valence-corrected chi connectivity index (χ2v) is 8.97. The van der Waals surface area contributed by atoms with Gasteiger partial charge in [-0.2, -0.15) is 0 Å². The smallest absolute Gasteiger partial charge is 0.317 e. The molecule has 6 nitrogen and oxygen atoms in total. The summed E-state index contributed by atoms with van der Waals surface area (Å²) >= 11 is 1.23. The first kappa shape index (κ1) is 17.3. The van der Waals surface area contributed by atoms with Crippen LogP contribution in [0.15, 0.2) is 27.8 Å². The van der Waals surface area contributed by atoms with E-state index in [0.717, 1.165) is 37.1 Å². The van der Waals surface area contributed by atoms with Gasteiger partial charge in [0.15, 0.2) is 0 Å². The third-order valence-corrected chi connectivity index (χ3v) is 6.91. The van der Waals surface area contributed by atoms with Crippen molar-refractivity contribution in [2.75, 3.05) is 0 Å². The number of thiophene rings is 1. The highest BCUT2D eigenvalue weighted by atomic mass is 32.2. The molecule has 1 aliphatic carbocycles. The molecule has 1 N–H and O–H groups in total. The van der Waals surface area contributed by atoms with Gasteiger partial charge in [-0.3, -0.25) is 0 Å². The van der Waals surface area contributed by atoms with Crippen LogP contribution in [-0.2, 0) is 10.0 Å². The molecule has 8 heteroatoms. The van der Waals surface area contributed by atoms with Crippen LogP contribution in [-0.4, -0.2) is 30.5 Å². The largest absolute Gasteiger partial charge is 0.460 e. The van der Waals surface area contributed by atoms with Gasteiger partial charge in [0, 0.05) is 17.4 Å². The van der Waals surface area contributed by atoms with Gasteiger partial charge in [0.1, 0.15) is 10.3 Å². The molecule has 2 heterocycles. The number of hydrogen-bond donors (Lipinski definition) is 1. The zero-order valence-corrected chi connectivity index (χ0v) is 15.4. The summed E-state index contributed by atoms with van der Waals surface area (Å²) in [6, 6.07) is 5.64. The average molecular weight is 367 g/mol. The van der Waals surface area contributed by atoms with Gasteiger partial charge in [-0.1, -0.05) is 6.07 Å². The highest BCUT2D eigenvalue weighted by Gasteiger charge is 2.27. The predicted octanol–water partition coefficient (Wildman–Crippen LogP) is 2.82. The van der Waals surface area contributed by atoms with Gasteiger partial charge in [-0.05, 0) is 57.0 Å². The van der Waals surface area contributed by atoms with Crippen molar-refractivity contribution in [2.45, 2.75) is 55.9 Å². The van der Waals surface area contributed by atoms with E-state index in [1.54, 1.807) is 17.5 Å². The van der Waals surface area contributed by atoms with Crippen molar-refractivity contribution in [3.8, 4) is 6.01 Å². The first-order valence-corrected chi connectivity index (χ1v) is 10.3. The van der Waals surface area contributed by atoms with Gasteiger partial charge in [-0.15, -0.1) is 11.3 Å². The maximum absolute atomic E-state index is 12.3. The molecule has 2 aromatic heterocycles. The average Bonchev–Trinajstić information content (AvgIpc) is 3.03. The van der Waals surface area contributed by atoms with E-state index in [2.05, 4.69) is 14.7 Å². The van der Waals surface area contributed by atoms with Crippen LogP contribution in [0.25, 0.3) is 0 Å². The maximum atomic E-state index is 12.3. The van der Waals surface area contributed by atoms with Crippen LogP contribution in [0.4, 0.5) is 0 Å². The zero-order valence-electron chi connectivity index (χ0n) is 13.7. The Hall–Kier alpha value is -1.51. The molecule has 130 valence electrons. The van der Waals surface area contributed by atoms with Crippen molar-refractivity contribution in [3.05, 3.63) is 35.0 Å². The number of hydrogen-bond acceptors (Lipinski definition) is 6. The van der Waals surface area contributed by atoms with Gasteiger partial charge in [0.05, 0.1) is 0 Å². The summed E-state index contributed by atoms with van der Waals surface area (Å²) in [7, 11) is -3.40. The fourth-order valence-corrected chi connectivity index (χ4v) is 5.20. The Balaban J connectivity index is 1.54. The molecule has 1 aliphatic rings. The van der Waals surface area contributed by atoms with Gasteiger partial charge in [-0.25, -0.2) is 23.1 Å². The highest BCUT2D eigenvalue weighted by Crippen LogP contribution is 2.24. The predicted molar refractivity (Wildman–Crippen MR) is 92.8 cm³/mol. The summed E-state index contributed by atoms with van der Waals surface area (Å²) < 4.78 is 33.5. The van der Waals surface area contributed by atoms with Crippen LogP contribution in [0.5, 0.6) is 6.01 Å². The number of ether oxygens (including phenoxy) is 1. The van der Waals surface area contributed by atoms with Crippen molar-refractivity contribution < 1.29 is 13.2 Å². The number of nitrogens with one attached hydrogen (secondary N) is 1. The van der Waals surface area contributed by atoms with Crippen molar-refractivity contribution >= 4 is 21.4 Å². The fourth-order valence-electron chi connectivity index (χ4n) is 2.89. The summed E-state index contributed by atoms with van der Waals surface area (Å²) in [6.45, 7) is 3.83. The normalized spacial score (nSPS) is 21.6. The van der Waals surface area contributed by atoms with E-state index in [9.17, 15) is 8.42 Å². The summed E-state index contributed by atoms with van der Waals surface area (Å²) in [5.41, 5.74) is 1.77. The summed E-state index contributed by atoms with van der Waals surface area (Å²) in [6.07, 6.45) is 3.11. The lowest BCUT2D eigenvalue weighted by Gasteiger charge is -2.28. The molecule has 0 aliphatic heterocycles. The minimum atomic E-state index is -3.40. The molecule has 0 unspecified atom stereocenters. The monoisotopic (exact) mass is 367 g/mol. The maximum Gasteiger partial charge on any atom is 0.317 e. The molecule has 0 atom stereocenters. The molecule has 0 radical (unpaired) electrons. The quantitative estimate of drug-likeness (QED) is 0.879. The van der Waals surface area contributed by atoms with Crippen LogP contribution in [0.1, 0.15) is 37.1 Å². The number of aryl methyl sites for hydroxylation is 2. The molecular weight excluding hydrogens is 346 g/mol. The van der Waals surface area contributed by atoms with Crippen LogP contribution >= 0.6 is 11.3 Å². The first-order chi connectivity index (χ1) is 11.4. The number of nitrogens with zero attached hydrogens (tertiary/aromatic N) is 2. The van der Waals surface area contributed by atoms with Gasteiger partial charge in [0.2, 0.25) is 10.0 Å². The third kappa shape index (κ3) is 4.31. The van der Waals surface area contributed by atoms with Crippen LogP contribution in [0.2, 0.25) is 0 Å². The first-order valence-electron chi connectivity index (χ1n) is 7.97. The Morgan fingerprint density at radius 3 is 2.42 bits per heavy atom. The lowest BCUT2D eigenvalue weighted by atomic mass is 9.94. The second-order valence-electron chi connectivity index (χ2n) is 6.08. The number of rotatable bonds is 5. The number of sulfonamides is 1. The van der Waals surface area contributed by atoms with Crippen LogP contribution in [0, 0.1) is 13.8 Å². The molecule has 0 amide bonds. The Bertz CT molecular complexity index is 763. The van der Waals surface area contributed by atoms with Gasteiger partial charge in [0.25, 0.3) is 0 Å². The van der Waals surface area contributed by atoms with E-state index in [4.69, 9.17) is 4.74 Å². The van der Waals surface area contributed by atoms with Crippen molar-refractivity contribution in [1.29, 1.82) is 0 Å². The van der Waals surface area contributed by atoms with Crippen LogP contribution < -0.4 is 9.46 Å². The van der Waals surface area contributed by atoms with Crippen molar-refractivity contribution in [2.24, 2.45) is 0 Å². The van der Waals surface area contributed by atoms with Crippen LogP contribution in [0.3, 0.4) is 0 Å². The molecule has 0 bridgehead atoms. The van der Waals surface area contributed by atoms with E-state index >= 15 is 0 Å². The van der Waals surface area contributed by atoms with E-state index in [-0.39, 0.29) is 12.1 Å². The van der Waals surface area contributed by atoms with E-state index < -0.39 is 10.0 Å². The Morgan fingerprint density at radius 1 is 1.17 bits per heavy atom. The molecule has 0 spiro atoms. The van der Waals surface area contributed by atoms with E-state index in [1.807, 2.05) is 19.9 Å². The Kier molecular flexibility index (Phi) is 5.17. The van der Waals surface area contributed by atoms with E-state index in [0.29, 0.717) is 10.2 Å². The molecule has 3 rings (SSSR count). The molecular formula is C16H21N3O3S2. The number of aromatic nitrogens is 2. The SMILES string of the molecule is Cc1cc(C)nc(OC2CCC(NS(=O)(=O)c3cccs3)CC2)n1. The van der Waals surface area contributed by atoms with Crippen molar-refractivity contribution in [3.63, 3.8) is 0 Å². The summed E-state index contributed by atoms with van der Waals surface area (Å²) in [5, 5.41) is 1.77. The molecule has 1 saturated carbocycles. The second kappa shape index (κ2) is 7.16. The van der Waals surface area contributed by atoms with E-state index in [1.165, 1.54) is 11.3 Å². The lowest BCUT2D eigenvalue weighted by Crippen LogP contribution is -2.39. The molecule has 0 aromatic carbocycles. The minimum Gasteiger partial charge on any atom is -0.460 e. The topological polar surface area (TPSA) is 81.2 Å². The fraction of sp³-hybridized carbons (Fsp3) is 0.500. The molecule has 1 fully saturated rings.